The topological polar surface area (TPSA) is 42.0 Å². The molecular weight excluding hydrogens is 252 g/mol. The number of nitrogens with one attached hydrogen (secondary N) is 1. The molecule has 70 valence electrons. The minimum atomic E-state index is 0.541. The third-order valence-corrected chi connectivity index (χ3v) is 4.02. The highest BCUT2D eigenvalue weighted by atomic mass is 79.9. The zero-order valence-corrected chi connectivity index (χ0v) is 9.32. The summed E-state index contributed by atoms with van der Waals surface area (Å²) in [4.78, 5) is 15.7. The van der Waals surface area contributed by atoms with Crippen LogP contribution >= 0.6 is 27.3 Å². The van der Waals surface area contributed by atoms with E-state index < -0.39 is 0 Å². The summed E-state index contributed by atoms with van der Waals surface area (Å²) in [5.74, 6) is 0.719. The molecule has 1 aliphatic carbocycles. The molecule has 0 spiro atoms. The number of hydrogen-bond donors (Lipinski definition) is 1. The fraction of sp³-hybridized carbons (Fsp3) is 0.500. The van der Waals surface area contributed by atoms with Crippen molar-refractivity contribution in [2.24, 2.45) is 0 Å². The first-order valence-corrected chi connectivity index (χ1v) is 5.74. The predicted octanol–water partition coefficient (Wildman–Crippen LogP) is 2.03. The second-order valence-corrected chi connectivity index (χ2v) is 4.90. The molecule has 1 aliphatic rings. The number of hydrogen-bond acceptors (Lipinski definition) is 3. The van der Waals surface area contributed by atoms with E-state index >= 15 is 0 Å². The van der Waals surface area contributed by atoms with Crippen LogP contribution in [0.4, 0.5) is 0 Å². The van der Waals surface area contributed by atoms with Crippen LogP contribution in [0, 0.1) is 0 Å². The Morgan fingerprint density at radius 3 is 3.08 bits per heavy atom. The highest BCUT2D eigenvalue weighted by Crippen LogP contribution is 2.45. The lowest BCUT2D eigenvalue weighted by atomic mass is 10.4. The first kappa shape index (κ1) is 9.15. The summed E-state index contributed by atoms with van der Waals surface area (Å²) >= 11 is 5.12. The molecule has 0 saturated heterocycles. The Kier molecular flexibility index (Phi) is 2.64. The number of amides is 1. The Bertz CT molecular complexity index is 322. The van der Waals surface area contributed by atoms with Gasteiger partial charge in [-0.25, -0.2) is 4.98 Å². The second kappa shape index (κ2) is 3.75. The number of halogens is 1. The standard InChI is InChI=1S/C8H9BrN2OS/c9-8-7(5-1-2-5)13-6(11-8)3-10-4-12/h4-5H,1-3H2,(H,10,12). The summed E-state index contributed by atoms with van der Waals surface area (Å²) in [5.41, 5.74) is 0. The summed E-state index contributed by atoms with van der Waals surface area (Å²) in [5, 5.41) is 3.58. The molecule has 0 aliphatic heterocycles. The highest BCUT2D eigenvalue weighted by molar-refractivity contribution is 9.10. The molecule has 1 aromatic heterocycles. The molecule has 0 radical (unpaired) electrons. The lowest BCUT2D eigenvalue weighted by Crippen LogP contribution is -2.08. The third-order valence-electron chi connectivity index (χ3n) is 1.94. The third kappa shape index (κ3) is 2.08. The van der Waals surface area contributed by atoms with E-state index in [1.165, 1.54) is 17.7 Å². The molecule has 0 bridgehead atoms. The summed E-state index contributed by atoms with van der Waals surface area (Å²) in [6.45, 7) is 0.541. The van der Waals surface area contributed by atoms with Gasteiger partial charge in [0.2, 0.25) is 6.41 Å². The Labute approximate surface area is 88.7 Å². The molecule has 0 unspecified atom stereocenters. The number of carbonyl (C=O) groups excluding carboxylic acids is 1. The average molecular weight is 261 g/mol. The molecule has 13 heavy (non-hydrogen) atoms. The predicted molar refractivity (Wildman–Crippen MR) is 54.7 cm³/mol. The summed E-state index contributed by atoms with van der Waals surface area (Å²) in [7, 11) is 0. The summed E-state index contributed by atoms with van der Waals surface area (Å²) in [6, 6.07) is 0. The van der Waals surface area contributed by atoms with E-state index in [-0.39, 0.29) is 0 Å². The molecule has 2 rings (SSSR count). The Morgan fingerprint density at radius 2 is 2.46 bits per heavy atom. The van der Waals surface area contributed by atoms with Crippen molar-refractivity contribution < 1.29 is 4.79 Å². The minimum Gasteiger partial charge on any atom is -0.352 e. The van der Waals surface area contributed by atoms with Gasteiger partial charge in [0.25, 0.3) is 0 Å². The van der Waals surface area contributed by atoms with Crippen LogP contribution in [0.1, 0.15) is 28.6 Å². The van der Waals surface area contributed by atoms with Gasteiger partial charge in [0.1, 0.15) is 9.61 Å². The SMILES string of the molecule is O=CNCc1nc(Br)c(C2CC2)s1. The van der Waals surface area contributed by atoms with Gasteiger partial charge in [0.05, 0.1) is 6.54 Å². The Morgan fingerprint density at radius 1 is 1.69 bits per heavy atom. The van der Waals surface area contributed by atoms with Crippen LogP contribution in [0.2, 0.25) is 0 Å². The summed E-state index contributed by atoms with van der Waals surface area (Å²) in [6.07, 6.45) is 3.26. The van der Waals surface area contributed by atoms with Gasteiger partial charge in [-0.1, -0.05) is 0 Å². The van der Waals surface area contributed by atoms with E-state index in [2.05, 4.69) is 26.2 Å². The van der Waals surface area contributed by atoms with Crippen molar-refractivity contribution in [1.82, 2.24) is 10.3 Å². The van der Waals surface area contributed by atoms with Crippen LogP contribution in [0.15, 0.2) is 4.60 Å². The van der Waals surface area contributed by atoms with E-state index in [4.69, 9.17) is 0 Å². The van der Waals surface area contributed by atoms with Crippen molar-refractivity contribution in [2.45, 2.75) is 25.3 Å². The molecular formula is C8H9BrN2OS. The Balaban J connectivity index is 2.09. The van der Waals surface area contributed by atoms with E-state index in [9.17, 15) is 4.79 Å². The molecule has 5 heteroatoms. The van der Waals surface area contributed by atoms with Crippen molar-refractivity contribution >= 4 is 33.7 Å². The van der Waals surface area contributed by atoms with E-state index in [0.29, 0.717) is 13.0 Å². The van der Waals surface area contributed by atoms with Crippen LogP contribution in [0.3, 0.4) is 0 Å². The molecule has 3 nitrogen and oxygen atoms in total. The molecule has 1 fully saturated rings. The molecule has 1 saturated carbocycles. The van der Waals surface area contributed by atoms with Crippen molar-refractivity contribution in [3.8, 4) is 0 Å². The fourth-order valence-electron chi connectivity index (χ4n) is 1.16. The second-order valence-electron chi connectivity index (χ2n) is 3.04. The van der Waals surface area contributed by atoms with Crippen molar-refractivity contribution in [3.63, 3.8) is 0 Å². The normalized spacial score (nSPS) is 15.8. The maximum absolute atomic E-state index is 10.1. The van der Waals surface area contributed by atoms with Gasteiger partial charge in [-0.15, -0.1) is 11.3 Å². The first-order valence-electron chi connectivity index (χ1n) is 4.13. The van der Waals surface area contributed by atoms with Gasteiger partial charge < -0.3 is 5.32 Å². The van der Waals surface area contributed by atoms with Gasteiger partial charge in [-0.3, -0.25) is 4.79 Å². The average Bonchev–Trinajstić information content (AvgIpc) is 2.88. The van der Waals surface area contributed by atoms with Crippen molar-refractivity contribution in [1.29, 1.82) is 0 Å². The van der Waals surface area contributed by atoms with Crippen LogP contribution < -0.4 is 5.32 Å². The van der Waals surface area contributed by atoms with Crippen LogP contribution in [0.25, 0.3) is 0 Å². The molecule has 1 aromatic rings. The highest BCUT2D eigenvalue weighted by Gasteiger charge is 2.28. The Hall–Kier alpha value is -0.420. The number of thiazole rings is 1. The summed E-state index contributed by atoms with van der Waals surface area (Å²) < 4.78 is 0.961. The monoisotopic (exact) mass is 260 g/mol. The van der Waals surface area contributed by atoms with Crippen LogP contribution in [0.5, 0.6) is 0 Å². The van der Waals surface area contributed by atoms with Crippen LogP contribution in [-0.4, -0.2) is 11.4 Å². The van der Waals surface area contributed by atoms with Crippen molar-refractivity contribution in [3.05, 3.63) is 14.5 Å². The number of aromatic nitrogens is 1. The van der Waals surface area contributed by atoms with Gasteiger partial charge in [0, 0.05) is 4.88 Å². The minimum absolute atomic E-state index is 0.541. The van der Waals surface area contributed by atoms with Crippen LogP contribution in [-0.2, 0) is 11.3 Å². The fourth-order valence-corrected chi connectivity index (χ4v) is 3.13. The molecule has 0 atom stereocenters. The maximum Gasteiger partial charge on any atom is 0.207 e. The molecule has 1 heterocycles. The molecule has 1 amide bonds. The van der Waals surface area contributed by atoms with Gasteiger partial charge in [0.15, 0.2) is 0 Å². The van der Waals surface area contributed by atoms with Gasteiger partial charge >= 0.3 is 0 Å². The quantitative estimate of drug-likeness (QED) is 0.842. The number of carbonyl (C=O) groups is 1. The zero-order valence-electron chi connectivity index (χ0n) is 6.92. The van der Waals surface area contributed by atoms with E-state index in [0.717, 1.165) is 15.5 Å². The smallest absolute Gasteiger partial charge is 0.207 e. The lowest BCUT2D eigenvalue weighted by Gasteiger charge is -1.90. The largest absolute Gasteiger partial charge is 0.352 e. The zero-order chi connectivity index (χ0) is 9.26. The van der Waals surface area contributed by atoms with Gasteiger partial charge in [-0.05, 0) is 34.7 Å². The number of nitrogens with zero attached hydrogens (tertiary/aromatic N) is 1. The maximum atomic E-state index is 10.1. The molecule has 0 aromatic carbocycles. The van der Waals surface area contributed by atoms with Gasteiger partial charge in [-0.2, -0.15) is 0 Å². The number of rotatable bonds is 4. The van der Waals surface area contributed by atoms with Crippen molar-refractivity contribution in [2.75, 3.05) is 0 Å². The first-order chi connectivity index (χ1) is 6.31. The molecule has 1 N–H and O–H groups in total. The van der Waals surface area contributed by atoms with E-state index in [1.54, 1.807) is 11.3 Å². The lowest BCUT2D eigenvalue weighted by molar-refractivity contribution is -0.109. The van der Waals surface area contributed by atoms with E-state index in [1.807, 2.05) is 0 Å².